The summed E-state index contributed by atoms with van der Waals surface area (Å²) in [6.45, 7) is 0. The lowest BCUT2D eigenvalue weighted by Gasteiger charge is -1.98. The minimum absolute atomic E-state index is 0.0380. The Morgan fingerprint density at radius 3 is 2.59 bits per heavy atom. The Labute approximate surface area is 121 Å². The van der Waals surface area contributed by atoms with Gasteiger partial charge >= 0.3 is 22.9 Å². The van der Waals surface area contributed by atoms with E-state index in [1.165, 1.54) is 24.3 Å². The van der Waals surface area contributed by atoms with Crippen LogP contribution in [0.1, 0.15) is 21.6 Å². The SMILES string of the molecule is O=C(O)c1cccc(C=Cc2[nH]c(=O)[nH]c(=O)c2[N+](=O)[O-])c1. The summed E-state index contributed by atoms with van der Waals surface area (Å²) < 4.78 is 0. The van der Waals surface area contributed by atoms with E-state index in [-0.39, 0.29) is 11.3 Å². The first-order chi connectivity index (χ1) is 10.4. The van der Waals surface area contributed by atoms with Crippen molar-refractivity contribution in [3.63, 3.8) is 0 Å². The molecule has 0 saturated heterocycles. The van der Waals surface area contributed by atoms with Crippen LogP contribution in [0.4, 0.5) is 5.69 Å². The van der Waals surface area contributed by atoms with Gasteiger partial charge in [0.25, 0.3) is 0 Å². The molecular formula is C13H9N3O6. The van der Waals surface area contributed by atoms with Crippen LogP contribution in [0.5, 0.6) is 0 Å². The fourth-order valence-corrected chi connectivity index (χ4v) is 1.75. The van der Waals surface area contributed by atoms with Crippen LogP contribution in [-0.2, 0) is 0 Å². The minimum Gasteiger partial charge on any atom is -0.478 e. The second kappa shape index (κ2) is 5.87. The molecular weight excluding hydrogens is 294 g/mol. The van der Waals surface area contributed by atoms with Crippen LogP contribution >= 0.6 is 0 Å². The average Bonchev–Trinajstić information content (AvgIpc) is 2.44. The third-order valence-electron chi connectivity index (χ3n) is 2.70. The molecule has 0 amide bonds. The Morgan fingerprint density at radius 1 is 1.23 bits per heavy atom. The van der Waals surface area contributed by atoms with Gasteiger partial charge in [0.15, 0.2) is 0 Å². The third-order valence-corrected chi connectivity index (χ3v) is 2.70. The van der Waals surface area contributed by atoms with Crippen molar-refractivity contribution in [1.29, 1.82) is 0 Å². The smallest absolute Gasteiger partial charge is 0.357 e. The third kappa shape index (κ3) is 3.15. The molecule has 112 valence electrons. The lowest BCUT2D eigenvalue weighted by molar-refractivity contribution is -0.386. The maximum absolute atomic E-state index is 11.4. The van der Waals surface area contributed by atoms with E-state index >= 15 is 0 Å². The average molecular weight is 303 g/mol. The lowest BCUT2D eigenvalue weighted by atomic mass is 10.1. The first kappa shape index (κ1) is 14.9. The largest absolute Gasteiger partial charge is 0.478 e. The van der Waals surface area contributed by atoms with E-state index in [9.17, 15) is 24.5 Å². The number of carboxylic acid groups (broad SMARTS) is 1. The number of carboxylic acids is 1. The van der Waals surface area contributed by atoms with Crippen molar-refractivity contribution in [1.82, 2.24) is 9.97 Å². The van der Waals surface area contributed by atoms with Crippen molar-refractivity contribution >= 4 is 23.8 Å². The van der Waals surface area contributed by atoms with Crippen LogP contribution in [0.3, 0.4) is 0 Å². The molecule has 0 atom stereocenters. The first-order valence-corrected chi connectivity index (χ1v) is 5.91. The number of aromatic nitrogens is 2. The van der Waals surface area contributed by atoms with Gasteiger partial charge in [0.05, 0.1) is 10.5 Å². The second-order valence-corrected chi connectivity index (χ2v) is 4.19. The molecule has 0 spiro atoms. The van der Waals surface area contributed by atoms with Crippen molar-refractivity contribution in [2.24, 2.45) is 0 Å². The van der Waals surface area contributed by atoms with Crippen molar-refractivity contribution < 1.29 is 14.8 Å². The summed E-state index contributed by atoms with van der Waals surface area (Å²) in [6.07, 6.45) is 2.51. The summed E-state index contributed by atoms with van der Waals surface area (Å²) >= 11 is 0. The van der Waals surface area contributed by atoms with Gasteiger partial charge in [-0.15, -0.1) is 0 Å². The molecule has 0 unspecified atom stereocenters. The standard InChI is InChI=1S/C13H9N3O6/c17-11-10(16(21)22)9(14-13(20)15-11)5-4-7-2-1-3-8(6-7)12(18)19/h1-6H,(H,18,19)(H2,14,15,17,20). The number of nitro groups is 1. The van der Waals surface area contributed by atoms with Crippen LogP contribution in [0.25, 0.3) is 12.2 Å². The summed E-state index contributed by atoms with van der Waals surface area (Å²) in [7, 11) is 0. The predicted molar refractivity (Wildman–Crippen MR) is 76.7 cm³/mol. The van der Waals surface area contributed by atoms with Gasteiger partial charge < -0.3 is 10.1 Å². The van der Waals surface area contributed by atoms with E-state index < -0.39 is 27.8 Å². The molecule has 2 aromatic rings. The predicted octanol–water partition coefficient (Wildman–Crippen LogP) is 0.840. The number of rotatable bonds is 4. The summed E-state index contributed by atoms with van der Waals surface area (Å²) in [5.41, 5.74) is -2.60. The van der Waals surface area contributed by atoms with Gasteiger partial charge in [-0.25, -0.2) is 9.59 Å². The number of hydrogen-bond donors (Lipinski definition) is 3. The summed E-state index contributed by atoms with van der Waals surface area (Å²) in [6, 6.07) is 5.80. The van der Waals surface area contributed by atoms with Crippen LogP contribution in [0.15, 0.2) is 33.9 Å². The van der Waals surface area contributed by atoms with E-state index in [1.807, 2.05) is 0 Å². The van der Waals surface area contributed by atoms with Crippen LogP contribution in [0, 0.1) is 10.1 Å². The molecule has 0 radical (unpaired) electrons. The fraction of sp³-hybridized carbons (Fsp3) is 0. The summed E-state index contributed by atoms with van der Waals surface area (Å²) in [4.78, 5) is 47.3. The highest BCUT2D eigenvalue weighted by molar-refractivity contribution is 5.88. The molecule has 0 aliphatic heterocycles. The van der Waals surface area contributed by atoms with Crippen LogP contribution in [0.2, 0.25) is 0 Å². The van der Waals surface area contributed by atoms with Gasteiger partial charge in [-0.2, -0.15) is 0 Å². The minimum atomic E-state index is -1.12. The summed E-state index contributed by atoms with van der Waals surface area (Å²) in [5.74, 6) is -1.12. The second-order valence-electron chi connectivity index (χ2n) is 4.19. The number of H-pyrrole nitrogens is 2. The molecule has 1 heterocycles. The molecule has 22 heavy (non-hydrogen) atoms. The molecule has 9 nitrogen and oxygen atoms in total. The van der Waals surface area contributed by atoms with Gasteiger partial charge in [-0.3, -0.25) is 19.9 Å². The van der Waals surface area contributed by atoms with Gasteiger partial charge in [-0.1, -0.05) is 18.2 Å². The maximum Gasteiger partial charge on any atom is 0.357 e. The normalized spacial score (nSPS) is 10.7. The Hall–Kier alpha value is -3.49. The Kier molecular flexibility index (Phi) is 3.98. The Balaban J connectivity index is 2.49. The highest BCUT2D eigenvalue weighted by Crippen LogP contribution is 2.13. The molecule has 1 aromatic carbocycles. The lowest BCUT2D eigenvalue weighted by Crippen LogP contribution is -2.25. The molecule has 0 fully saturated rings. The fourth-order valence-electron chi connectivity index (χ4n) is 1.75. The molecule has 0 bridgehead atoms. The van der Waals surface area contributed by atoms with Gasteiger partial charge in [0.1, 0.15) is 5.69 Å². The zero-order chi connectivity index (χ0) is 16.3. The van der Waals surface area contributed by atoms with E-state index in [0.29, 0.717) is 5.56 Å². The Bertz CT molecular complexity index is 893. The quantitative estimate of drug-likeness (QED) is 0.563. The number of aromatic carboxylic acids is 1. The number of hydrogen-bond acceptors (Lipinski definition) is 5. The van der Waals surface area contributed by atoms with Gasteiger partial charge in [0.2, 0.25) is 0 Å². The van der Waals surface area contributed by atoms with E-state index in [0.717, 1.165) is 6.08 Å². The first-order valence-electron chi connectivity index (χ1n) is 5.91. The zero-order valence-electron chi connectivity index (χ0n) is 10.9. The number of carbonyl (C=O) groups is 1. The molecule has 3 N–H and O–H groups in total. The summed E-state index contributed by atoms with van der Waals surface area (Å²) in [5, 5.41) is 19.7. The van der Waals surface area contributed by atoms with Crippen LogP contribution < -0.4 is 11.2 Å². The number of aromatic amines is 2. The van der Waals surface area contributed by atoms with E-state index in [1.54, 1.807) is 11.1 Å². The molecule has 0 aliphatic carbocycles. The monoisotopic (exact) mass is 303 g/mol. The van der Waals surface area contributed by atoms with Crippen molar-refractivity contribution in [2.45, 2.75) is 0 Å². The molecule has 2 rings (SSSR count). The van der Waals surface area contributed by atoms with E-state index in [2.05, 4.69) is 4.98 Å². The Morgan fingerprint density at radius 2 is 1.95 bits per heavy atom. The molecule has 0 saturated carbocycles. The van der Waals surface area contributed by atoms with Crippen molar-refractivity contribution in [3.8, 4) is 0 Å². The topological polar surface area (TPSA) is 146 Å². The van der Waals surface area contributed by atoms with Crippen molar-refractivity contribution in [2.75, 3.05) is 0 Å². The van der Waals surface area contributed by atoms with Crippen molar-refractivity contribution in [3.05, 3.63) is 72.0 Å². The number of nitrogens with zero attached hydrogens (tertiary/aromatic N) is 1. The van der Waals surface area contributed by atoms with Gasteiger partial charge in [0, 0.05) is 0 Å². The highest BCUT2D eigenvalue weighted by atomic mass is 16.6. The highest BCUT2D eigenvalue weighted by Gasteiger charge is 2.18. The molecule has 9 heteroatoms. The number of benzene rings is 1. The molecule has 0 aliphatic rings. The molecule has 1 aromatic heterocycles. The van der Waals surface area contributed by atoms with Gasteiger partial charge in [-0.05, 0) is 23.8 Å². The maximum atomic E-state index is 11.4. The van der Waals surface area contributed by atoms with Crippen LogP contribution in [-0.4, -0.2) is 26.0 Å². The van der Waals surface area contributed by atoms with E-state index in [4.69, 9.17) is 5.11 Å². The number of nitrogens with one attached hydrogen (secondary N) is 2. The zero-order valence-corrected chi connectivity index (χ0v) is 10.9.